The molecule has 0 aliphatic rings. The zero-order valence-electron chi connectivity index (χ0n) is 6.62. The van der Waals surface area contributed by atoms with E-state index in [9.17, 15) is 9.50 Å². The number of aromatic hydroxyl groups is 1. The fraction of sp³-hybridized carbons (Fsp3) is 0.111. The van der Waals surface area contributed by atoms with Crippen molar-refractivity contribution in [1.82, 2.24) is 0 Å². The number of fused-ring (bicyclic) bond motifs is 1. The van der Waals surface area contributed by atoms with Crippen LogP contribution in [0.25, 0.3) is 10.1 Å². The summed E-state index contributed by atoms with van der Waals surface area (Å²) in [5, 5.41) is 20.7. The molecule has 2 aromatic rings. The van der Waals surface area contributed by atoms with Crippen LogP contribution in [0.2, 0.25) is 0 Å². The summed E-state index contributed by atoms with van der Waals surface area (Å²) in [6, 6.07) is 3.02. The highest BCUT2D eigenvalue weighted by Crippen LogP contribution is 2.33. The number of benzene rings is 1. The maximum Gasteiger partial charge on any atom is 0.165 e. The molecule has 0 saturated carbocycles. The third kappa shape index (κ3) is 1.18. The van der Waals surface area contributed by atoms with Crippen molar-refractivity contribution in [2.75, 3.05) is 0 Å². The standard InChI is InChI=1S/C9H7FO2S/c10-7-3-5-1-2-13-9(5)6(4-11)8(7)12/h1-3,11-12H,4H2. The number of thiophene rings is 1. The van der Waals surface area contributed by atoms with Gasteiger partial charge in [0.05, 0.1) is 6.61 Å². The van der Waals surface area contributed by atoms with Crippen molar-refractivity contribution in [3.05, 3.63) is 28.9 Å². The van der Waals surface area contributed by atoms with Gasteiger partial charge in [0.2, 0.25) is 0 Å². The minimum Gasteiger partial charge on any atom is -0.505 e. The molecule has 0 atom stereocenters. The third-order valence-corrected chi connectivity index (χ3v) is 2.91. The van der Waals surface area contributed by atoms with Gasteiger partial charge in [0.25, 0.3) is 0 Å². The van der Waals surface area contributed by atoms with Gasteiger partial charge in [-0.3, -0.25) is 0 Å². The van der Waals surface area contributed by atoms with Gasteiger partial charge in [0.1, 0.15) is 0 Å². The molecule has 68 valence electrons. The van der Waals surface area contributed by atoms with Crippen LogP contribution in [0.4, 0.5) is 4.39 Å². The minimum absolute atomic E-state index is 0.269. The Bertz CT molecular complexity index is 450. The lowest BCUT2D eigenvalue weighted by Gasteiger charge is -2.03. The molecular formula is C9H7FO2S. The molecule has 0 unspecified atom stereocenters. The van der Waals surface area contributed by atoms with Crippen molar-refractivity contribution < 1.29 is 14.6 Å². The van der Waals surface area contributed by atoms with E-state index in [0.717, 1.165) is 4.70 Å². The van der Waals surface area contributed by atoms with Crippen LogP contribution in [-0.2, 0) is 6.61 Å². The Kier molecular flexibility index (Phi) is 1.94. The highest BCUT2D eigenvalue weighted by Gasteiger charge is 2.12. The lowest BCUT2D eigenvalue weighted by Crippen LogP contribution is -1.87. The Morgan fingerprint density at radius 1 is 1.46 bits per heavy atom. The van der Waals surface area contributed by atoms with Crippen LogP contribution in [0.15, 0.2) is 17.5 Å². The molecule has 13 heavy (non-hydrogen) atoms. The lowest BCUT2D eigenvalue weighted by molar-refractivity contribution is 0.275. The Morgan fingerprint density at radius 2 is 2.23 bits per heavy atom. The minimum atomic E-state index is -0.685. The number of hydrogen-bond donors (Lipinski definition) is 2. The molecule has 0 radical (unpaired) electrons. The van der Waals surface area contributed by atoms with Gasteiger partial charge in [0.15, 0.2) is 11.6 Å². The van der Waals surface area contributed by atoms with Crippen LogP contribution in [0.1, 0.15) is 5.56 Å². The molecule has 1 aromatic carbocycles. The van der Waals surface area contributed by atoms with E-state index in [0.29, 0.717) is 5.39 Å². The largest absolute Gasteiger partial charge is 0.505 e. The van der Waals surface area contributed by atoms with E-state index in [4.69, 9.17) is 5.11 Å². The Hall–Kier alpha value is -1.13. The SMILES string of the molecule is OCc1c(O)c(F)cc2ccsc12. The highest BCUT2D eigenvalue weighted by atomic mass is 32.1. The second-order valence-corrected chi connectivity index (χ2v) is 3.60. The van der Waals surface area contributed by atoms with Crippen LogP contribution >= 0.6 is 11.3 Å². The molecule has 2 rings (SSSR count). The first-order valence-corrected chi connectivity index (χ1v) is 4.60. The maximum atomic E-state index is 13.0. The van der Waals surface area contributed by atoms with Gasteiger partial charge in [0, 0.05) is 10.3 Å². The van der Waals surface area contributed by atoms with Crippen LogP contribution in [0.5, 0.6) is 5.75 Å². The Labute approximate surface area is 77.9 Å². The van der Waals surface area contributed by atoms with Crippen molar-refractivity contribution in [3.8, 4) is 5.75 Å². The average Bonchev–Trinajstić information content (AvgIpc) is 2.54. The van der Waals surface area contributed by atoms with Crippen molar-refractivity contribution in [1.29, 1.82) is 0 Å². The Morgan fingerprint density at radius 3 is 2.92 bits per heavy atom. The summed E-state index contributed by atoms with van der Waals surface area (Å²) in [6.07, 6.45) is 0. The maximum absolute atomic E-state index is 13.0. The average molecular weight is 198 g/mol. The van der Waals surface area contributed by atoms with E-state index in [1.807, 2.05) is 0 Å². The van der Waals surface area contributed by atoms with Gasteiger partial charge in [-0.05, 0) is 22.9 Å². The fourth-order valence-electron chi connectivity index (χ4n) is 1.28. The molecule has 0 fully saturated rings. The second kappa shape index (κ2) is 2.97. The predicted octanol–water partition coefficient (Wildman–Crippen LogP) is 2.24. The van der Waals surface area contributed by atoms with Crippen molar-refractivity contribution in [3.63, 3.8) is 0 Å². The highest BCUT2D eigenvalue weighted by molar-refractivity contribution is 7.17. The predicted molar refractivity (Wildman–Crippen MR) is 49.4 cm³/mol. The van der Waals surface area contributed by atoms with E-state index in [2.05, 4.69) is 0 Å². The van der Waals surface area contributed by atoms with Gasteiger partial charge in [-0.15, -0.1) is 11.3 Å². The third-order valence-electron chi connectivity index (χ3n) is 1.92. The molecule has 0 saturated heterocycles. The molecule has 0 aliphatic heterocycles. The number of aliphatic hydroxyl groups is 1. The molecule has 0 spiro atoms. The second-order valence-electron chi connectivity index (χ2n) is 2.68. The zero-order valence-corrected chi connectivity index (χ0v) is 7.44. The summed E-state index contributed by atoms with van der Waals surface area (Å²) in [7, 11) is 0. The summed E-state index contributed by atoms with van der Waals surface area (Å²) in [4.78, 5) is 0. The number of halogens is 1. The Balaban J connectivity index is 2.87. The zero-order chi connectivity index (χ0) is 9.42. The van der Waals surface area contributed by atoms with E-state index in [1.54, 1.807) is 11.4 Å². The molecule has 2 nitrogen and oxygen atoms in total. The topological polar surface area (TPSA) is 40.5 Å². The number of phenols is 1. The quantitative estimate of drug-likeness (QED) is 0.737. The first-order valence-electron chi connectivity index (χ1n) is 3.72. The normalized spacial score (nSPS) is 10.9. The van der Waals surface area contributed by atoms with Gasteiger partial charge >= 0.3 is 0 Å². The fourth-order valence-corrected chi connectivity index (χ4v) is 2.20. The van der Waals surface area contributed by atoms with Crippen molar-refractivity contribution in [2.45, 2.75) is 6.61 Å². The lowest BCUT2D eigenvalue weighted by atomic mass is 10.1. The first-order chi connectivity index (χ1) is 6.24. The van der Waals surface area contributed by atoms with E-state index in [-0.39, 0.29) is 12.2 Å². The van der Waals surface area contributed by atoms with Crippen LogP contribution in [0, 0.1) is 5.82 Å². The summed E-state index contributed by atoms with van der Waals surface area (Å²) >= 11 is 1.37. The summed E-state index contributed by atoms with van der Waals surface area (Å²) in [6.45, 7) is -0.347. The number of aliphatic hydroxyl groups excluding tert-OH is 1. The number of rotatable bonds is 1. The van der Waals surface area contributed by atoms with E-state index >= 15 is 0 Å². The summed E-state index contributed by atoms with van der Waals surface area (Å²) in [5.74, 6) is -1.13. The molecule has 1 heterocycles. The first kappa shape index (κ1) is 8.47. The van der Waals surface area contributed by atoms with E-state index < -0.39 is 11.6 Å². The molecule has 4 heteroatoms. The summed E-state index contributed by atoms with van der Waals surface area (Å²) < 4.78 is 13.8. The molecule has 2 N–H and O–H groups in total. The molecule has 1 aromatic heterocycles. The van der Waals surface area contributed by atoms with Gasteiger partial charge in [-0.1, -0.05) is 0 Å². The van der Waals surface area contributed by atoms with Crippen LogP contribution < -0.4 is 0 Å². The van der Waals surface area contributed by atoms with Crippen LogP contribution in [-0.4, -0.2) is 10.2 Å². The molecule has 0 aliphatic carbocycles. The molecule has 0 bridgehead atoms. The smallest absolute Gasteiger partial charge is 0.165 e. The monoisotopic (exact) mass is 198 g/mol. The van der Waals surface area contributed by atoms with Gasteiger partial charge in [-0.25, -0.2) is 4.39 Å². The summed E-state index contributed by atoms with van der Waals surface area (Å²) in [5.41, 5.74) is 0.269. The van der Waals surface area contributed by atoms with Crippen molar-refractivity contribution >= 4 is 21.4 Å². The number of hydrogen-bond acceptors (Lipinski definition) is 3. The van der Waals surface area contributed by atoms with Crippen LogP contribution in [0.3, 0.4) is 0 Å². The molecular weight excluding hydrogens is 191 g/mol. The van der Waals surface area contributed by atoms with Gasteiger partial charge in [-0.2, -0.15) is 0 Å². The van der Waals surface area contributed by atoms with E-state index in [1.165, 1.54) is 17.4 Å². The molecule has 0 amide bonds. The van der Waals surface area contributed by atoms with Crippen molar-refractivity contribution in [2.24, 2.45) is 0 Å². The van der Waals surface area contributed by atoms with Gasteiger partial charge < -0.3 is 10.2 Å².